The molecular weight excluding hydrogens is 609 g/mol. The fraction of sp³-hybridized carbons (Fsp3) is 0.350. The maximum atomic E-state index is 13.7. The molecule has 2 aromatic heterocycles. The van der Waals surface area contributed by atoms with Crippen LogP contribution in [0.5, 0.6) is 0 Å². The third-order valence-corrected chi connectivity index (χ3v) is 7.75. The topological polar surface area (TPSA) is 146 Å². The normalized spacial score (nSPS) is 27.5. The lowest BCUT2D eigenvalue weighted by molar-refractivity contribution is -0.363. The molecule has 1 aromatic carbocycles. The summed E-state index contributed by atoms with van der Waals surface area (Å²) in [6.07, 6.45) is 1.26. The zero-order chi connectivity index (χ0) is 26.5. The molecule has 5 atom stereocenters. The molecule has 2 N–H and O–H groups in total. The van der Waals surface area contributed by atoms with Gasteiger partial charge in [-0.05, 0) is 34.1 Å². The lowest BCUT2D eigenvalue weighted by atomic mass is 9.91. The fourth-order valence-electron chi connectivity index (χ4n) is 4.09. The van der Waals surface area contributed by atoms with E-state index in [2.05, 4.69) is 35.4 Å². The molecule has 4 heterocycles. The van der Waals surface area contributed by atoms with Crippen LogP contribution in [-0.4, -0.2) is 68.1 Å². The number of hydrogen-bond donors (Lipinski definition) is 2. The molecule has 11 nitrogen and oxygen atoms in total. The van der Waals surface area contributed by atoms with Crippen molar-refractivity contribution in [3.63, 3.8) is 0 Å². The molecule has 2 aliphatic heterocycles. The van der Waals surface area contributed by atoms with Gasteiger partial charge in [-0.25, -0.2) is 22.0 Å². The molecule has 3 aromatic rings. The van der Waals surface area contributed by atoms with Crippen LogP contribution in [-0.2, 0) is 24.1 Å². The summed E-state index contributed by atoms with van der Waals surface area (Å²) in [5, 5.41) is 18.1. The number of rotatable bonds is 7. The van der Waals surface area contributed by atoms with Crippen molar-refractivity contribution in [2.24, 2.45) is 0 Å². The predicted molar refractivity (Wildman–Crippen MR) is 123 cm³/mol. The van der Waals surface area contributed by atoms with E-state index in [1.807, 2.05) is 0 Å². The van der Waals surface area contributed by atoms with Crippen molar-refractivity contribution in [2.75, 3.05) is 6.61 Å². The Bertz CT molecular complexity index is 1430. The average molecular weight is 625 g/mol. The number of benzene rings is 1. The molecule has 37 heavy (non-hydrogen) atoms. The van der Waals surface area contributed by atoms with Gasteiger partial charge in [-0.2, -0.15) is 8.42 Å². The minimum Gasteiger partial charge on any atom is -0.366 e. The van der Waals surface area contributed by atoms with E-state index in [1.54, 1.807) is 6.07 Å². The average Bonchev–Trinajstić information content (AvgIpc) is 3.31. The monoisotopic (exact) mass is 624 g/mol. The van der Waals surface area contributed by atoms with Crippen LogP contribution in [0.25, 0.3) is 11.3 Å². The second-order valence-corrected chi connectivity index (χ2v) is 11.7. The lowest BCUT2D eigenvalue weighted by Gasteiger charge is -2.54. The van der Waals surface area contributed by atoms with Crippen molar-refractivity contribution < 1.29 is 44.9 Å². The summed E-state index contributed by atoms with van der Waals surface area (Å²) in [7, 11) is -4.86. The summed E-state index contributed by atoms with van der Waals surface area (Å²) >= 11 is 4.33. The molecule has 0 aliphatic carbocycles. The number of aliphatic hydroxyl groups is 1. The Balaban J connectivity index is 1.50. The summed E-state index contributed by atoms with van der Waals surface area (Å²) in [6.45, 7) is -0.661. The first-order valence-electron chi connectivity index (χ1n) is 10.4. The molecule has 0 spiro atoms. The highest BCUT2D eigenvalue weighted by Crippen LogP contribution is 2.51. The van der Waals surface area contributed by atoms with E-state index in [-0.39, 0.29) is 17.7 Å². The van der Waals surface area contributed by atoms with E-state index in [0.29, 0.717) is 9.37 Å². The van der Waals surface area contributed by atoms with Crippen LogP contribution >= 0.6 is 27.7 Å². The Labute approximate surface area is 220 Å². The van der Waals surface area contributed by atoms with Crippen molar-refractivity contribution in [3.05, 3.63) is 58.7 Å². The van der Waals surface area contributed by atoms with E-state index < -0.39 is 63.9 Å². The lowest BCUT2D eigenvalue weighted by Crippen LogP contribution is -2.66. The molecule has 5 rings (SSSR count). The SMILES string of the molecule is O=S(=O)(O)OCC1(Sc2cncc(Br)c2)CC(n2cc(-c3cc(F)c(F)c(F)c3)nn2)[C@H]2OC(O)C2O1. The van der Waals surface area contributed by atoms with Crippen LogP contribution < -0.4 is 0 Å². The molecule has 17 heteroatoms. The molecule has 0 amide bonds. The first-order valence-corrected chi connectivity index (χ1v) is 13.4. The van der Waals surface area contributed by atoms with Crippen molar-refractivity contribution in [1.82, 2.24) is 20.0 Å². The van der Waals surface area contributed by atoms with E-state index in [0.717, 1.165) is 23.9 Å². The van der Waals surface area contributed by atoms with Gasteiger partial charge < -0.3 is 14.6 Å². The highest BCUT2D eigenvalue weighted by molar-refractivity contribution is 9.10. The van der Waals surface area contributed by atoms with Gasteiger partial charge >= 0.3 is 10.4 Å². The standard InChI is InChI=1S/C20H16BrF3N4O7S2/c21-10-3-11(6-25-5-10)36-20(8-33-37(30,31)32)4-15(17-18(35-20)19(29)34-17)28-7-14(26-27-28)9-1-12(22)16(24)13(23)2-9/h1-3,5-7,15,17-19,29H,4,8H2,(H,30,31,32)/t15?,17-,18?,19?,20?/m1/s1. The molecule has 4 unspecified atom stereocenters. The number of fused-ring (bicyclic) bond motifs is 1. The van der Waals surface area contributed by atoms with Gasteiger partial charge in [-0.15, -0.1) is 5.10 Å². The number of pyridine rings is 1. The number of halogens is 4. The smallest absolute Gasteiger partial charge is 0.366 e. The van der Waals surface area contributed by atoms with Crippen LogP contribution in [0, 0.1) is 17.5 Å². The predicted octanol–water partition coefficient (Wildman–Crippen LogP) is 2.88. The number of aliphatic hydroxyl groups excluding tert-OH is 1. The Kier molecular flexibility index (Phi) is 7.07. The van der Waals surface area contributed by atoms with Gasteiger partial charge in [0, 0.05) is 33.7 Å². The maximum absolute atomic E-state index is 13.7. The Hall–Kier alpha value is -2.12. The van der Waals surface area contributed by atoms with Gasteiger partial charge in [-0.1, -0.05) is 17.0 Å². The zero-order valence-corrected chi connectivity index (χ0v) is 21.5. The van der Waals surface area contributed by atoms with Crippen LogP contribution in [0.15, 0.2) is 46.2 Å². The van der Waals surface area contributed by atoms with Crippen LogP contribution in [0.2, 0.25) is 0 Å². The van der Waals surface area contributed by atoms with E-state index >= 15 is 0 Å². The molecule has 198 valence electrons. The Morgan fingerprint density at radius 3 is 2.59 bits per heavy atom. The molecular formula is C20H16BrF3N4O7S2. The van der Waals surface area contributed by atoms with Crippen molar-refractivity contribution in [2.45, 2.75) is 40.8 Å². The minimum absolute atomic E-state index is 0.0179. The number of thioether (sulfide) groups is 1. The van der Waals surface area contributed by atoms with Crippen molar-refractivity contribution >= 4 is 38.1 Å². The van der Waals surface area contributed by atoms with Gasteiger partial charge in [0.15, 0.2) is 23.7 Å². The third kappa shape index (κ3) is 5.53. The van der Waals surface area contributed by atoms with Crippen molar-refractivity contribution in [1.29, 1.82) is 0 Å². The summed E-state index contributed by atoms with van der Waals surface area (Å²) in [6, 6.07) is 2.49. The number of nitrogens with zero attached hydrogens (tertiary/aromatic N) is 4. The molecule has 0 radical (unpaired) electrons. The molecule has 2 aliphatic rings. The van der Waals surface area contributed by atoms with Crippen LogP contribution in [0.1, 0.15) is 12.5 Å². The zero-order valence-electron chi connectivity index (χ0n) is 18.2. The molecule has 2 saturated heterocycles. The highest BCUT2D eigenvalue weighted by atomic mass is 79.9. The summed E-state index contributed by atoms with van der Waals surface area (Å²) in [5.41, 5.74) is -0.0549. The second kappa shape index (κ2) is 9.88. The van der Waals surface area contributed by atoms with Gasteiger partial charge in [-0.3, -0.25) is 9.54 Å². The fourth-order valence-corrected chi connectivity index (χ4v) is 6.28. The quantitative estimate of drug-likeness (QED) is 0.295. The minimum atomic E-state index is -4.86. The van der Waals surface area contributed by atoms with Gasteiger partial charge in [0.25, 0.3) is 0 Å². The van der Waals surface area contributed by atoms with Crippen LogP contribution in [0.4, 0.5) is 13.2 Å². The van der Waals surface area contributed by atoms with Gasteiger partial charge in [0.1, 0.15) is 29.4 Å². The van der Waals surface area contributed by atoms with Crippen molar-refractivity contribution in [3.8, 4) is 11.3 Å². The first kappa shape index (κ1) is 26.5. The Morgan fingerprint density at radius 2 is 1.95 bits per heavy atom. The van der Waals surface area contributed by atoms with Gasteiger partial charge in [0.2, 0.25) is 0 Å². The van der Waals surface area contributed by atoms with E-state index in [1.165, 1.54) is 23.3 Å². The molecule has 0 saturated carbocycles. The Morgan fingerprint density at radius 1 is 1.22 bits per heavy atom. The third-order valence-electron chi connectivity index (χ3n) is 5.69. The second-order valence-electron chi connectivity index (χ2n) is 8.22. The summed E-state index contributed by atoms with van der Waals surface area (Å²) < 4.78 is 91.0. The number of ether oxygens (including phenoxy) is 2. The summed E-state index contributed by atoms with van der Waals surface area (Å²) in [5.74, 6) is -4.42. The summed E-state index contributed by atoms with van der Waals surface area (Å²) in [4.78, 5) is 3.10. The molecule has 2 fully saturated rings. The largest absolute Gasteiger partial charge is 0.397 e. The van der Waals surface area contributed by atoms with Gasteiger partial charge in [0.05, 0.1) is 12.2 Å². The number of hydrogen-bond acceptors (Lipinski definition) is 10. The van der Waals surface area contributed by atoms with Crippen LogP contribution in [0.3, 0.4) is 0 Å². The van der Waals surface area contributed by atoms with E-state index in [9.17, 15) is 31.2 Å². The highest BCUT2D eigenvalue weighted by Gasteiger charge is 2.58. The first-order chi connectivity index (χ1) is 17.4. The number of aromatic nitrogens is 4. The maximum Gasteiger partial charge on any atom is 0.397 e. The molecule has 0 bridgehead atoms. The van der Waals surface area contributed by atoms with E-state index in [4.69, 9.17) is 9.47 Å².